The lowest BCUT2D eigenvalue weighted by Gasteiger charge is -2.24. The van der Waals surface area contributed by atoms with Crippen LogP contribution < -0.4 is 0 Å². The maximum absolute atomic E-state index is 13.6. The third kappa shape index (κ3) is 6.45. The molecule has 0 bridgehead atoms. The number of hydrogen-bond acceptors (Lipinski definition) is 4. The lowest BCUT2D eigenvalue weighted by Crippen LogP contribution is -2.43. The summed E-state index contributed by atoms with van der Waals surface area (Å²) in [5.74, 6) is -1.22. The average molecular weight is 679 g/mol. The van der Waals surface area contributed by atoms with Crippen LogP contribution >= 0.6 is 27.5 Å². The molecule has 7 nitrogen and oxygen atoms in total. The summed E-state index contributed by atoms with van der Waals surface area (Å²) in [6.45, 7) is 2.10. The molecule has 0 saturated carbocycles. The van der Waals surface area contributed by atoms with Crippen LogP contribution in [0.2, 0.25) is 5.02 Å². The van der Waals surface area contributed by atoms with Crippen LogP contribution in [-0.2, 0) is 27.7 Å². The number of sulfonamides is 1. The first kappa shape index (κ1) is 30.7. The second-order valence-electron chi connectivity index (χ2n) is 10.0. The molecule has 0 aliphatic rings. The van der Waals surface area contributed by atoms with Crippen molar-refractivity contribution in [3.63, 3.8) is 0 Å². The number of carboxylic acid groups (broad SMARTS) is 1. The molecule has 0 aliphatic heterocycles. The third-order valence-corrected chi connectivity index (χ3v) is 10.2. The van der Waals surface area contributed by atoms with Crippen LogP contribution in [0, 0.1) is 0 Å². The van der Waals surface area contributed by atoms with Gasteiger partial charge < -0.3 is 5.11 Å². The van der Waals surface area contributed by atoms with Gasteiger partial charge in [-0.15, -0.1) is 0 Å². The number of halogens is 2. The smallest absolute Gasteiger partial charge is 0.322 e. The summed E-state index contributed by atoms with van der Waals surface area (Å²) in [7, 11) is -2.82. The highest BCUT2D eigenvalue weighted by atomic mass is 79.9. The molecule has 0 radical (unpaired) electrons. The van der Waals surface area contributed by atoms with Crippen LogP contribution in [0.15, 0.2) is 112 Å². The number of rotatable bonds is 10. The first-order valence-electron chi connectivity index (χ1n) is 13.6. The molecule has 220 valence electrons. The Balaban J connectivity index is 1.53. The topological polar surface area (TPSA) is 92.5 Å². The Labute approximate surface area is 264 Å². The number of aromatic nitrogens is 2. The van der Waals surface area contributed by atoms with Crippen LogP contribution in [0.25, 0.3) is 28.2 Å². The summed E-state index contributed by atoms with van der Waals surface area (Å²) in [6, 6.07) is 29.6. The second kappa shape index (κ2) is 12.9. The largest absolute Gasteiger partial charge is 0.480 e. The fraction of sp³-hybridized carbons (Fsp3) is 0.152. The predicted octanol–water partition coefficient (Wildman–Crippen LogP) is 7.50. The molecule has 0 saturated heterocycles. The highest BCUT2D eigenvalue weighted by Crippen LogP contribution is 2.39. The molecule has 0 amide bonds. The van der Waals surface area contributed by atoms with Gasteiger partial charge in [0.15, 0.2) is 0 Å². The number of hydrogen-bond donors (Lipinski definition) is 1. The summed E-state index contributed by atoms with van der Waals surface area (Å²) < 4.78 is 30.6. The van der Waals surface area contributed by atoms with Gasteiger partial charge in [-0.1, -0.05) is 85.3 Å². The molecule has 0 aliphatic carbocycles. The number of benzene rings is 4. The molecule has 43 heavy (non-hydrogen) atoms. The molecule has 1 N–H and O–H groups in total. The predicted molar refractivity (Wildman–Crippen MR) is 173 cm³/mol. The zero-order chi connectivity index (χ0) is 30.7. The van der Waals surface area contributed by atoms with Gasteiger partial charge in [-0.2, -0.15) is 9.40 Å². The molecule has 1 atom stereocenters. The molecule has 0 unspecified atom stereocenters. The van der Waals surface area contributed by atoms with Crippen molar-refractivity contribution in [2.75, 3.05) is 7.05 Å². The van der Waals surface area contributed by atoms with E-state index in [0.717, 1.165) is 37.6 Å². The van der Waals surface area contributed by atoms with E-state index < -0.39 is 22.0 Å². The van der Waals surface area contributed by atoms with Crippen molar-refractivity contribution in [3.05, 3.63) is 124 Å². The summed E-state index contributed by atoms with van der Waals surface area (Å²) in [5, 5.41) is 15.4. The van der Waals surface area contributed by atoms with Crippen molar-refractivity contribution >= 4 is 43.5 Å². The summed E-state index contributed by atoms with van der Waals surface area (Å²) in [5.41, 5.74) is 5.86. The van der Waals surface area contributed by atoms with Crippen molar-refractivity contribution in [1.29, 1.82) is 0 Å². The van der Waals surface area contributed by atoms with Gasteiger partial charge in [-0.3, -0.25) is 4.79 Å². The Bertz CT molecular complexity index is 1840. The Morgan fingerprint density at radius 3 is 2.09 bits per heavy atom. The molecule has 5 rings (SSSR count). The summed E-state index contributed by atoms with van der Waals surface area (Å²) in [6.07, 6.45) is 0.953. The maximum Gasteiger partial charge on any atom is 0.322 e. The zero-order valence-corrected chi connectivity index (χ0v) is 26.6. The molecule has 0 fully saturated rings. The Morgan fingerprint density at radius 2 is 1.51 bits per heavy atom. The van der Waals surface area contributed by atoms with E-state index >= 15 is 0 Å². The van der Waals surface area contributed by atoms with Crippen LogP contribution in [0.5, 0.6) is 0 Å². The molecule has 1 heterocycles. The van der Waals surface area contributed by atoms with E-state index in [2.05, 4.69) is 35.0 Å². The Morgan fingerprint density at radius 1 is 0.907 bits per heavy atom. The highest BCUT2D eigenvalue weighted by Gasteiger charge is 2.33. The van der Waals surface area contributed by atoms with Gasteiger partial charge in [0, 0.05) is 23.2 Å². The van der Waals surface area contributed by atoms with Gasteiger partial charge in [0.1, 0.15) is 11.7 Å². The van der Waals surface area contributed by atoms with Crippen LogP contribution in [0.3, 0.4) is 0 Å². The standard InChI is InChI=1S/C33H29BrClN3O4S/c1-3-22-9-11-25(12-10-22)32-30(34)31(24-13-15-26(35)16-14-24)36-38(32)27-17-19-28(20-18-27)43(41,42)37(2)29(33(39)40)21-23-7-5-4-6-8-23/h4-20,29H,3,21H2,1-2H3,(H,39,40)/t29-/m0/s1. The van der Waals surface area contributed by atoms with E-state index in [1.54, 1.807) is 53.2 Å². The maximum atomic E-state index is 13.6. The van der Waals surface area contributed by atoms with E-state index in [9.17, 15) is 18.3 Å². The van der Waals surface area contributed by atoms with Crippen LogP contribution in [0.4, 0.5) is 0 Å². The van der Waals surface area contributed by atoms with E-state index in [4.69, 9.17) is 16.7 Å². The lowest BCUT2D eigenvalue weighted by atomic mass is 10.1. The molecule has 0 spiro atoms. The van der Waals surface area contributed by atoms with Gasteiger partial charge in [-0.25, -0.2) is 13.1 Å². The monoisotopic (exact) mass is 677 g/mol. The van der Waals surface area contributed by atoms with E-state index in [-0.39, 0.29) is 11.3 Å². The molecule has 4 aromatic carbocycles. The van der Waals surface area contributed by atoms with E-state index in [0.29, 0.717) is 16.4 Å². The van der Waals surface area contributed by atoms with Crippen LogP contribution in [-0.4, -0.2) is 46.7 Å². The quantitative estimate of drug-likeness (QED) is 0.165. The number of likely N-dealkylation sites (N-methyl/N-ethyl adjacent to an activating group) is 1. The van der Waals surface area contributed by atoms with E-state index in [1.165, 1.54) is 24.7 Å². The van der Waals surface area contributed by atoms with Crippen molar-refractivity contribution in [3.8, 4) is 28.2 Å². The van der Waals surface area contributed by atoms with E-state index in [1.807, 2.05) is 30.3 Å². The fourth-order valence-corrected chi connectivity index (χ4v) is 6.97. The third-order valence-electron chi connectivity index (χ3n) is 7.34. The van der Waals surface area contributed by atoms with Gasteiger partial charge in [-0.05, 0) is 76.3 Å². The molecular formula is C33H29BrClN3O4S. The van der Waals surface area contributed by atoms with Crippen molar-refractivity contribution in [1.82, 2.24) is 14.1 Å². The van der Waals surface area contributed by atoms with Crippen LogP contribution in [0.1, 0.15) is 18.1 Å². The number of carboxylic acids is 1. The van der Waals surface area contributed by atoms with Crippen molar-refractivity contribution in [2.24, 2.45) is 0 Å². The number of carbonyl (C=O) groups is 1. The zero-order valence-electron chi connectivity index (χ0n) is 23.5. The Hall–Kier alpha value is -3.76. The SMILES string of the molecule is CCc1ccc(-c2c(Br)c(-c3ccc(Cl)cc3)nn2-c2ccc(S(=O)(=O)N(C)[C@@H](Cc3ccccc3)C(=O)O)cc2)cc1. The minimum Gasteiger partial charge on any atom is -0.480 e. The Kier molecular flexibility index (Phi) is 9.17. The highest BCUT2D eigenvalue weighted by molar-refractivity contribution is 9.10. The first-order chi connectivity index (χ1) is 20.6. The second-order valence-corrected chi connectivity index (χ2v) is 13.3. The first-order valence-corrected chi connectivity index (χ1v) is 16.2. The van der Waals surface area contributed by atoms with Gasteiger partial charge >= 0.3 is 5.97 Å². The van der Waals surface area contributed by atoms with Gasteiger partial charge in [0.25, 0.3) is 0 Å². The molecule has 5 aromatic rings. The minimum absolute atomic E-state index is 0.0175. The number of nitrogens with zero attached hydrogens (tertiary/aromatic N) is 3. The molecule has 1 aromatic heterocycles. The average Bonchev–Trinajstić information content (AvgIpc) is 3.37. The number of aryl methyl sites for hydroxylation is 1. The summed E-state index contributed by atoms with van der Waals surface area (Å²) in [4.78, 5) is 12.1. The van der Waals surface area contributed by atoms with Gasteiger partial charge in [0.05, 0.1) is 20.7 Å². The fourth-order valence-electron chi connectivity index (χ4n) is 4.83. The number of aliphatic carboxylic acids is 1. The van der Waals surface area contributed by atoms with Crippen molar-refractivity contribution < 1.29 is 18.3 Å². The minimum atomic E-state index is -4.12. The lowest BCUT2D eigenvalue weighted by molar-refractivity contribution is -0.141. The molecular weight excluding hydrogens is 650 g/mol. The molecule has 10 heteroatoms. The summed E-state index contributed by atoms with van der Waals surface area (Å²) >= 11 is 9.90. The van der Waals surface area contributed by atoms with Gasteiger partial charge in [0.2, 0.25) is 10.0 Å². The van der Waals surface area contributed by atoms with Crippen molar-refractivity contribution in [2.45, 2.75) is 30.7 Å². The normalized spacial score (nSPS) is 12.4.